The van der Waals surface area contributed by atoms with Crippen LogP contribution in [-0.4, -0.2) is 51.1 Å². The minimum Gasteiger partial charge on any atom is -0.379 e. The average Bonchev–Trinajstić information content (AvgIpc) is 3.23. The zero-order valence-electron chi connectivity index (χ0n) is 15.2. The van der Waals surface area contributed by atoms with Gasteiger partial charge >= 0.3 is 0 Å². The highest BCUT2D eigenvalue weighted by molar-refractivity contribution is 5.37. The Kier molecular flexibility index (Phi) is 4.81. The molecule has 4 rings (SSSR count). The van der Waals surface area contributed by atoms with Crippen molar-refractivity contribution in [2.75, 3.05) is 26.3 Å². The summed E-state index contributed by atoms with van der Waals surface area (Å²) < 4.78 is 12.8. The molecule has 3 heterocycles. The van der Waals surface area contributed by atoms with E-state index in [4.69, 9.17) is 9.26 Å². The molecule has 1 aromatic carbocycles. The molecule has 1 aliphatic heterocycles. The minimum absolute atomic E-state index is 0.598. The maximum atomic E-state index is 5.48. The van der Waals surface area contributed by atoms with E-state index in [2.05, 4.69) is 39.2 Å². The first-order valence-corrected chi connectivity index (χ1v) is 8.93. The summed E-state index contributed by atoms with van der Waals surface area (Å²) in [5.41, 5.74) is 4.27. The molecule has 0 unspecified atom stereocenters. The maximum Gasteiger partial charge on any atom is 0.231 e. The van der Waals surface area contributed by atoms with Crippen molar-refractivity contribution in [3.63, 3.8) is 0 Å². The molecular weight excluding hydrogens is 330 g/mol. The number of nitrogens with zero attached hydrogens (tertiary/aromatic N) is 5. The largest absolute Gasteiger partial charge is 0.379 e. The lowest BCUT2D eigenvalue weighted by molar-refractivity contribution is 0.0327. The van der Waals surface area contributed by atoms with Crippen molar-refractivity contribution in [2.45, 2.75) is 26.8 Å². The molecule has 0 amide bonds. The quantitative estimate of drug-likeness (QED) is 0.701. The molecule has 1 fully saturated rings. The SMILES string of the molecule is Cc1nn(-c2ccccc2)c(C)c1Cc1nc(CN2CCOCC2)no1. The Hall–Kier alpha value is -2.51. The first-order chi connectivity index (χ1) is 12.7. The third-order valence-electron chi connectivity index (χ3n) is 4.75. The Bertz CT molecular complexity index is 865. The van der Waals surface area contributed by atoms with Crippen LogP contribution in [0.4, 0.5) is 0 Å². The number of benzene rings is 1. The molecule has 1 aliphatic rings. The molecule has 2 aromatic heterocycles. The third kappa shape index (κ3) is 3.54. The lowest BCUT2D eigenvalue weighted by atomic mass is 10.1. The van der Waals surface area contributed by atoms with Gasteiger partial charge in [-0.3, -0.25) is 4.90 Å². The van der Waals surface area contributed by atoms with E-state index in [0.29, 0.717) is 18.9 Å². The first-order valence-electron chi connectivity index (χ1n) is 8.93. The summed E-state index contributed by atoms with van der Waals surface area (Å²) in [7, 11) is 0. The van der Waals surface area contributed by atoms with Crippen LogP contribution in [0.15, 0.2) is 34.9 Å². The second-order valence-electron chi connectivity index (χ2n) is 6.57. The van der Waals surface area contributed by atoms with E-state index in [1.54, 1.807) is 0 Å². The number of ether oxygens (including phenoxy) is 1. The van der Waals surface area contributed by atoms with Crippen LogP contribution in [0, 0.1) is 13.8 Å². The van der Waals surface area contributed by atoms with Crippen LogP contribution in [0.1, 0.15) is 28.7 Å². The molecule has 26 heavy (non-hydrogen) atoms. The summed E-state index contributed by atoms with van der Waals surface area (Å²) in [6.45, 7) is 8.15. The van der Waals surface area contributed by atoms with Crippen molar-refractivity contribution in [2.24, 2.45) is 0 Å². The minimum atomic E-state index is 0.598. The Morgan fingerprint density at radius 2 is 1.85 bits per heavy atom. The molecule has 136 valence electrons. The van der Waals surface area contributed by atoms with Crippen molar-refractivity contribution >= 4 is 0 Å². The molecule has 0 bridgehead atoms. The smallest absolute Gasteiger partial charge is 0.231 e. The molecule has 0 saturated carbocycles. The van der Waals surface area contributed by atoms with E-state index in [1.165, 1.54) is 0 Å². The van der Waals surface area contributed by atoms with E-state index in [-0.39, 0.29) is 0 Å². The van der Waals surface area contributed by atoms with E-state index in [9.17, 15) is 0 Å². The van der Waals surface area contributed by atoms with Gasteiger partial charge in [-0.05, 0) is 26.0 Å². The van der Waals surface area contributed by atoms with Crippen LogP contribution >= 0.6 is 0 Å². The van der Waals surface area contributed by atoms with Crippen molar-refractivity contribution in [1.82, 2.24) is 24.8 Å². The molecule has 3 aromatic rings. The molecule has 0 radical (unpaired) electrons. The highest BCUT2D eigenvalue weighted by Gasteiger charge is 2.18. The van der Waals surface area contributed by atoms with Gasteiger partial charge in [0.1, 0.15) is 0 Å². The number of hydrogen-bond donors (Lipinski definition) is 0. The van der Waals surface area contributed by atoms with E-state index >= 15 is 0 Å². The van der Waals surface area contributed by atoms with Crippen LogP contribution in [0.5, 0.6) is 0 Å². The zero-order valence-corrected chi connectivity index (χ0v) is 15.2. The van der Waals surface area contributed by atoms with Gasteiger partial charge in [0.2, 0.25) is 5.89 Å². The number of aryl methyl sites for hydroxylation is 1. The summed E-state index contributed by atoms with van der Waals surface area (Å²) in [5, 5.41) is 8.82. The first kappa shape index (κ1) is 16.9. The Labute approximate surface area is 152 Å². The third-order valence-corrected chi connectivity index (χ3v) is 4.75. The predicted octanol–water partition coefficient (Wildman–Crippen LogP) is 2.30. The number of rotatable bonds is 5. The van der Waals surface area contributed by atoms with Crippen molar-refractivity contribution in [3.05, 3.63) is 59.0 Å². The van der Waals surface area contributed by atoms with Gasteiger partial charge in [0.05, 0.1) is 37.6 Å². The van der Waals surface area contributed by atoms with Crippen LogP contribution in [0.3, 0.4) is 0 Å². The second kappa shape index (κ2) is 7.39. The number of hydrogen-bond acceptors (Lipinski definition) is 6. The van der Waals surface area contributed by atoms with Gasteiger partial charge in [-0.15, -0.1) is 0 Å². The summed E-state index contributed by atoms with van der Waals surface area (Å²) in [5.74, 6) is 1.36. The van der Waals surface area contributed by atoms with Crippen molar-refractivity contribution in [1.29, 1.82) is 0 Å². The number of aromatic nitrogens is 4. The molecule has 7 heteroatoms. The Morgan fingerprint density at radius 3 is 2.62 bits per heavy atom. The standard InChI is InChI=1S/C19H23N5O2/c1-14-17(15(2)24(21-14)16-6-4-3-5-7-16)12-19-20-18(22-26-19)13-23-8-10-25-11-9-23/h3-7H,8-13H2,1-2H3. The molecule has 7 nitrogen and oxygen atoms in total. The summed E-state index contributed by atoms with van der Waals surface area (Å²) in [6, 6.07) is 10.1. The predicted molar refractivity (Wildman–Crippen MR) is 96.2 cm³/mol. The topological polar surface area (TPSA) is 69.2 Å². The molecule has 1 saturated heterocycles. The fraction of sp³-hybridized carbons (Fsp3) is 0.421. The van der Waals surface area contributed by atoms with Crippen LogP contribution in [-0.2, 0) is 17.7 Å². The highest BCUT2D eigenvalue weighted by atomic mass is 16.5. The summed E-state index contributed by atoms with van der Waals surface area (Å²) in [6.07, 6.45) is 0.598. The molecular formula is C19H23N5O2. The summed E-state index contributed by atoms with van der Waals surface area (Å²) in [4.78, 5) is 6.85. The molecule has 0 N–H and O–H groups in total. The summed E-state index contributed by atoms with van der Waals surface area (Å²) >= 11 is 0. The van der Waals surface area contributed by atoms with Gasteiger partial charge < -0.3 is 9.26 Å². The lowest BCUT2D eigenvalue weighted by Gasteiger charge is -2.24. The van der Waals surface area contributed by atoms with Crippen LogP contribution < -0.4 is 0 Å². The van der Waals surface area contributed by atoms with Gasteiger partial charge in [-0.2, -0.15) is 10.1 Å². The van der Waals surface area contributed by atoms with Crippen LogP contribution in [0.25, 0.3) is 5.69 Å². The molecule has 0 atom stereocenters. The van der Waals surface area contributed by atoms with Crippen molar-refractivity contribution in [3.8, 4) is 5.69 Å². The van der Waals surface area contributed by atoms with Gasteiger partial charge in [0, 0.05) is 24.3 Å². The monoisotopic (exact) mass is 353 g/mol. The fourth-order valence-electron chi connectivity index (χ4n) is 3.29. The number of morpholine rings is 1. The second-order valence-corrected chi connectivity index (χ2v) is 6.57. The van der Waals surface area contributed by atoms with Gasteiger partial charge in [-0.1, -0.05) is 23.4 Å². The van der Waals surface area contributed by atoms with Gasteiger partial charge in [0.15, 0.2) is 5.82 Å². The average molecular weight is 353 g/mol. The Morgan fingerprint density at radius 1 is 1.08 bits per heavy atom. The van der Waals surface area contributed by atoms with Gasteiger partial charge in [-0.25, -0.2) is 4.68 Å². The van der Waals surface area contributed by atoms with Crippen LogP contribution in [0.2, 0.25) is 0 Å². The lowest BCUT2D eigenvalue weighted by Crippen LogP contribution is -2.35. The normalized spacial score (nSPS) is 15.5. The molecule has 0 aliphatic carbocycles. The van der Waals surface area contributed by atoms with Crippen molar-refractivity contribution < 1.29 is 9.26 Å². The maximum absolute atomic E-state index is 5.48. The van der Waals surface area contributed by atoms with E-state index in [1.807, 2.05) is 29.8 Å². The number of para-hydroxylation sites is 1. The molecule has 0 spiro atoms. The fourth-order valence-corrected chi connectivity index (χ4v) is 3.29. The van der Waals surface area contributed by atoms with E-state index in [0.717, 1.165) is 54.8 Å². The van der Waals surface area contributed by atoms with E-state index < -0.39 is 0 Å². The highest BCUT2D eigenvalue weighted by Crippen LogP contribution is 2.20. The Balaban J connectivity index is 1.50. The zero-order chi connectivity index (χ0) is 17.9. The van der Waals surface area contributed by atoms with Gasteiger partial charge in [0.25, 0.3) is 0 Å².